The Hall–Kier alpha value is -1.79. The lowest BCUT2D eigenvalue weighted by molar-refractivity contribution is -0.161. The van der Waals surface area contributed by atoms with Crippen molar-refractivity contribution in [1.82, 2.24) is 0 Å². The highest BCUT2D eigenvalue weighted by molar-refractivity contribution is 5.75. The molecule has 0 radical (unpaired) electrons. The molecule has 0 saturated heterocycles. The predicted octanol–water partition coefficient (Wildman–Crippen LogP) is 1.53. The van der Waals surface area contributed by atoms with Crippen molar-refractivity contribution in [2.24, 2.45) is 0 Å². The third-order valence-electron chi connectivity index (χ3n) is 2.90. The average molecular weight is 298 g/mol. The van der Waals surface area contributed by atoms with E-state index in [1.54, 1.807) is 46.3 Å². The molecule has 1 rings (SSSR count). The fourth-order valence-corrected chi connectivity index (χ4v) is 1.69. The van der Waals surface area contributed by atoms with E-state index in [1.165, 1.54) is 0 Å². The number of rotatable bonds is 8. The van der Waals surface area contributed by atoms with Gasteiger partial charge in [0.05, 0.1) is 33.5 Å². The zero-order chi connectivity index (χ0) is 15.8. The molecule has 1 aromatic rings. The quantitative estimate of drug-likeness (QED) is 0.734. The predicted molar refractivity (Wildman–Crippen MR) is 76.4 cm³/mol. The van der Waals surface area contributed by atoms with Crippen molar-refractivity contribution >= 4 is 5.97 Å². The summed E-state index contributed by atoms with van der Waals surface area (Å²) in [5.74, 6) is 0.603. The summed E-state index contributed by atoms with van der Waals surface area (Å²) in [5.41, 5.74) is 0.814. The molecular weight excluding hydrogens is 276 g/mol. The molecule has 0 spiro atoms. The second kappa shape index (κ2) is 8.49. The highest BCUT2D eigenvalue weighted by atomic mass is 16.6. The van der Waals surface area contributed by atoms with Gasteiger partial charge in [-0.1, -0.05) is 0 Å². The van der Waals surface area contributed by atoms with Crippen molar-refractivity contribution < 1.29 is 28.8 Å². The number of aliphatic hydroxyl groups is 1. The van der Waals surface area contributed by atoms with Crippen molar-refractivity contribution in [2.45, 2.75) is 32.7 Å². The first kappa shape index (κ1) is 17.3. The van der Waals surface area contributed by atoms with Crippen LogP contribution in [0.15, 0.2) is 18.2 Å². The summed E-state index contributed by atoms with van der Waals surface area (Å²) < 4.78 is 20.6. The number of hydrogen-bond donors (Lipinski definition) is 1. The first-order chi connectivity index (χ1) is 10.0. The maximum atomic E-state index is 11.4. The smallest absolute Gasteiger partial charge is 0.337 e. The van der Waals surface area contributed by atoms with E-state index in [0.29, 0.717) is 11.5 Å². The second-order valence-electron chi connectivity index (χ2n) is 4.43. The van der Waals surface area contributed by atoms with Gasteiger partial charge in [-0.3, -0.25) is 0 Å². The molecule has 0 saturated carbocycles. The van der Waals surface area contributed by atoms with E-state index in [0.717, 1.165) is 5.56 Å². The lowest BCUT2D eigenvalue weighted by Crippen LogP contribution is -2.35. The van der Waals surface area contributed by atoms with Crippen LogP contribution in [0.5, 0.6) is 11.5 Å². The van der Waals surface area contributed by atoms with Gasteiger partial charge >= 0.3 is 5.97 Å². The molecule has 0 aliphatic rings. The summed E-state index contributed by atoms with van der Waals surface area (Å²) in [7, 11) is 3.12. The van der Waals surface area contributed by atoms with Crippen LogP contribution in [0.25, 0.3) is 0 Å². The van der Waals surface area contributed by atoms with Crippen LogP contribution < -0.4 is 9.47 Å². The van der Waals surface area contributed by atoms with Gasteiger partial charge in [0.25, 0.3) is 0 Å². The van der Waals surface area contributed by atoms with Gasteiger partial charge in [0.1, 0.15) is 11.5 Å². The minimum Gasteiger partial charge on any atom is -0.497 e. The summed E-state index contributed by atoms with van der Waals surface area (Å²) in [6.45, 7) is 3.72. The molecule has 6 nitrogen and oxygen atoms in total. The number of ether oxygens (including phenoxy) is 4. The molecule has 0 heterocycles. The molecule has 0 aliphatic heterocycles. The van der Waals surface area contributed by atoms with E-state index in [1.807, 2.05) is 0 Å². The zero-order valence-electron chi connectivity index (χ0n) is 12.8. The molecule has 21 heavy (non-hydrogen) atoms. The minimum atomic E-state index is -1.31. The molecule has 0 unspecified atom stereocenters. The Kier molecular flexibility index (Phi) is 6.98. The second-order valence-corrected chi connectivity index (χ2v) is 4.43. The van der Waals surface area contributed by atoms with E-state index in [-0.39, 0.29) is 13.2 Å². The fraction of sp³-hybridized carbons (Fsp3) is 0.533. The third-order valence-corrected chi connectivity index (χ3v) is 2.90. The van der Waals surface area contributed by atoms with Gasteiger partial charge in [-0.05, 0) is 31.5 Å². The lowest BCUT2D eigenvalue weighted by atomic mass is 10.2. The average Bonchev–Trinajstić information content (AvgIpc) is 2.51. The SMILES string of the molecule is CCOC(=O)[C@H](O)[C@H](C)OCc1cc(OC)cc(OC)c1. The first-order valence-corrected chi connectivity index (χ1v) is 6.70. The Morgan fingerprint density at radius 2 is 1.76 bits per heavy atom. The molecule has 1 aromatic carbocycles. The van der Waals surface area contributed by atoms with Gasteiger partial charge in [0.2, 0.25) is 0 Å². The van der Waals surface area contributed by atoms with Crippen molar-refractivity contribution in [3.05, 3.63) is 23.8 Å². The summed E-state index contributed by atoms with van der Waals surface area (Å²) in [6, 6.07) is 5.35. The van der Waals surface area contributed by atoms with Crippen LogP contribution >= 0.6 is 0 Å². The number of aliphatic hydroxyl groups excluding tert-OH is 1. The number of carbonyl (C=O) groups excluding carboxylic acids is 1. The number of hydrogen-bond acceptors (Lipinski definition) is 6. The minimum absolute atomic E-state index is 0.213. The molecule has 118 valence electrons. The van der Waals surface area contributed by atoms with E-state index in [2.05, 4.69) is 0 Å². The van der Waals surface area contributed by atoms with Gasteiger partial charge in [-0.2, -0.15) is 0 Å². The molecule has 0 amide bonds. The Labute approximate surface area is 124 Å². The van der Waals surface area contributed by atoms with Gasteiger partial charge in [0, 0.05) is 6.07 Å². The van der Waals surface area contributed by atoms with Crippen LogP contribution in [0.1, 0.15) is 19.4 Å². The van der Waals surface area contributed by atoms with Gasteiger partial charge in [-0.15, -0.1) is 0 Å². The van der Waals surface area contributed by atoms with Crippen LogP contribution in [-0.4, -0.2) is 44.1 Å². The van der Waals surface area contributed by atoms with Crippen molar-refractivity contribution in [2.75, 3.05) is 20.8 Å². The topological polar surface area (TPSA) is 74.2 Å². The Morgan fingerprint density at radius 1 is 1.19 bits per heavy atom. The van der Waals surface area contributed by atoms with Crippen molar-refractivity contribution in [3.8, 4) is 11.5 Å². The molecular formula is C15H22O6. The van der Waals surface area contributed by atoms with E-state index in [4.69, 9.17) is 18.9 Å². The first-order valence-electron chi connectivity index (χ1n) is 6.70. The fourth-order valence-electron chi connectivity index (χ4n) is 1.69. The van der Waals surface area contributed by atoms with Gasteiger partial charge < -0.3 is 24.1 Å². The van der Waals surface area contributed by atoms with Crippen LogP contribution in [0.2, 0.25) is 0 Å². The third kappa shape index (κ3) is 5.24. The van der Waals surface area contributed by atoms with E-state index < -0.39 is 18.2 Å². The molecule has 0 aromatic heterocycles. The van der Waals surface area contributed by atoms with E-state index in [9.17, 15) is 9.90 Å². The Bertz CT molecular complexity index is 437. The van der Waals surface area contributed by atoms with E-state index >= 15 is 0 Å². The summed E-state index contributed by atoms with van der Waals surface area (Å²) in [5, 5.41) is 9.75. The number of methoxy groups -OCH3 is 2. The highest BCUT2D eigenvalue weighted by Crippen LogP contribution is 2.23. The largest absolute Gasteiger partial charge is 0.497 e. The summed E-state index contributed by atoms with van der Waals surface area (Å²) >= 11 is 0. The molecule has 0 fully saturated rings. The standard InChI is InChI=1S/C15H22O6/c1-5-20-15(17)14(16)10(2)21-9-11-6-12(18-3)8-13(7-11)19-4/h6-8,10,14,16H,5,9H2,1-4H3/t10-,14+/m0/s1. The van der Waals surface area contributed by atoms with Gasteiger partial charge in [-0.25, -0.2) is 4.79 Å². The molecule has 0 aliphatic carbocycles. The van der Waals surface area contributed by atoms with Crippen LogP contribution in [0, 0.1) is 0 Å². The zero-order valence-corrected chi connectivity index (χ0v) is 12.8. The van der Waals surface area contributed by atoms with Crippen molar-refractivity contribution in [1.29, 1.82) is 0 Å². The molecule has 6 heteroatoms. The van der Waals surface area contributed by atoms with Crippen molar-refractivity contribution in [3.63, 3.8) is 0 Å². The van der Waals surface area contributed by atoms with Gasteiger partial charge in [0.15, 0.2) is 6.10 Å². The molecule has 0 bridgehead atoms. The highest BCUT2D eigenvalue weighted by Gasteiger charge is 2.24. The summed E-state index contributed by atoms with van der Waals surface area (Å²) in [6.07, 6.45) is -1.99. The molecule has 2 atom stereocenters. The monoisotopic (exact) mass is 298 g/mol. The van der Waals surface area contributed by atoms with Crippen LogP contribution in [0.3, 0.4) is 0 Å². The van der Waals surface area contributed by atoms with Crippen LogP contribution in [0.4, 0.5) is 0 Å². The number of carbonyl (C=O) groups is 1. The normalized spacial score (nSPS) is 13.4. The lowest BCUT2D eigenvalue weighted by Gasteiger charge is -2.18. The molecule has 1 N–H and O–H groups in total. The maximum Gasteiger partial charge on any atom is 0.337 e. The maximum absolute atomic E-state index is 11.4. The Balaban J connectivity index is 2.63. The van der Waals surface area contributed by atoms with Crippen LogP contribution in [-0.2, 0) is 20.9 Å². The number of esters is 1. The summed E-state index contributed by atoms with van der Waals surface area (Å²) in [4.78, 5) is 11.4. The Morgan fingerprint density at radius 3 is 2.24 bits per heavy atom. The number of benzene rings is 1.